The van der Waals surface area contributed by atoms with Crippen LogP contribution in [0.25, 0.3) is 6.08 Å². The predicted molar refractivity (Wildman–Crippen MR) is 122 cm³/mol. The molecule has 31 heavy (non-hydrogen) atoms. The molecule has 2 amide bonds. The Labute approximate surface area is 193 Å². The molecule has 0 atom stereocenters. The van der Waals surface area contributed by atoms with Gasteiger partial charge in [-0.25, -0.2) is 5.01 Å². The molecule has 8 heteroatoms. The summed E-state index contributed by atoms with van der Waals surface area (Å²) in [5.74, 6) is -0.537. The normalized spacial score (nSPS) is 14.8. The third-order valence-electron chi connectivity index (χ3n) is 4.58. The van der Waals surface area contributed by atoms with Crippen molar-refractivity contribution in [1.82, 2.24) is 5.43 Å². The fraction of sp³-hybridized carbons (Fsp3) is 0.0435. The molecule has 156 valence electrons. The fourth-order valence-corrected chi connectivity index (χ4v) is 3.67. The zero-order valence-electron chi connectivity index (χ0n) is 15.9. The number of carbonyl (C=O) groups is 2. The SMILES string of the molecule is O=C1NN(c2ccccc2)C(=O)/C1=C\c1cc(Cl)ccc1OCc1ccc(Cl)cc1Cl. The lowest BCUT2D eigenvalue weighted by Gasteiger charge is -2.14. The number of anilines is 1. The van der Waals surface area contributed by atoms with Crippen molar-refractivity contribution < 1.29 is 14.3 Å². The molecule has 5 nitrogen and oxygen atoms in total. The first-order chi connectivity index (χ1) is 14.9. The monoisotopic (exact) mass is 472 g/mol. The maximum atomic E-state index is 12.8. The molecule has 0 spiro atoms. The minimum absolute atomic E-state index is 0.0273. The van der Waals surface area contributed by atoms with Crippen LogP contribution in [-0.2, 0) is 16.2 Å². The number of hydrogen-bond acceptors (Lipinski definition) is 3. The molecule has 4 rings (SSSR count). The van der Waals surface area contributed by atoms with E-state index in [4.69, 9.17) is 39.5 Å². The molecule has 1 fully saturated rings. The van der Waals surface area contributed by atoms with Crippen LogP contribution in [0.4, 0.5) is 5.69 Å². The highest BCUT2D eigenvalue weighted by Crippen LogP contribution is 2.29. The van der Waals surface area contributed by atoms with Gasteiger partial charge in [-0.1, -0.05) is 59.1 Å². The van der Waals surface area contributed by atoms with E-state index in [1.165, 1.54) is 11.1 Å². The lowest BCUT2D eigenvalue weighted by Crippen LogP contribution is -2.35. The van der Waals surface area contributed by atoms with Gasteiger partial charge in [0.1, 0.15) is 17.9 Å². The van der Waals surface area contributed by atoms with E-state index >= 15 is 0 Å². The Bertz CT molecular complexity index is 1200. The van der Waals surface area contributed by atoms with Crippen molar-refractivity contribution in [3.8, 4) is 5.75 Å². The van der Waals surface area contributed by atoms with E-state index < -0.39 is 11.8 Å². The minimum Gasteiger partial charge on any atom is -0.488 e. The Kier molecular flexibility index (Phi) is 6.18. The first kappa shape index (κ1) is 21.2. The summed E-state index contributed by atoms with van der Waals surface area (Å²) in [6.45, 7) is 0.171. The second-order valence-corrected chi connectivity index (χ2v) is 7.96. The molecule has 0 saturated carbocycles. The summed E-state index contributed by atoms with van der Waals surface area (Å²) in [7, 11) is 0. The average molecular weight is 474 g/mol. The van der Waals surface area contributed by atoms with Crippen molar-refractivity contribution in [3.63, 3.8) is 0 Å². The lowest BCUT2D eigenvalue weighted by molar-refractivity contribution is -0.117. The third kappa shape index (κ3) is 4.69. The number of benzene rings is 3. The summed E-state index contributed by atoms with van der Waals surface area (Å²) in [5.41, 5.74) is 4.33. The molecule has 1 aliphatic heterocycles. The summed E-state index contributed by atoms with van der Waals surface area (Å²) in [4.78, 5) is 25.3. The van der Waals surface area contributed by atoms with Crippen LogP contribution in [0.15, 0.2) is 72.3 Å². The topological polar surface area (TPSA) is 58.6 Å². The average Bonchev–Trinajstić information content (AvgIpc) is 3.03. The molecular weight excluding hydrogens is 459 g/mol. The largest absolute Gasteiger partial charge is 0.488 e. The number of hydrogen-bond donors (Lipinski definition) is 1. The van der Waals surface area contributed by atoms with Gasteiger partial charge in [-0.2, -0.15) is 0 Å². The zero-order valence-corrected chi connectivity index (χ0v) is 18.2. The van der Waals surface area contributed by atoms with E-state index in [-0.39, 0.29) is 12.2 Å². The molecule has 0 radical (unpaired) electrons. The highest BCUT2D eigenvalue weighted by atomic mass is 35.5. The Morgan fingerprint density at radius 3 is 2.35 bits per heavy atom. The van der Waals surface area contributed by atoms with Gasteiger partial charge in [-0.3, -0.25) is 15.0 Å². The molecule has 1 saturated heterocycles. The molecule has 3 aromatic rings. The van der Waals surface area contributed by atoms with Crippen LogP contribution < -0.4 is 15.2 Å². The highest BCUT2D eigenvalue weighted by Gasteiger charge is 2.34. The molecule has 0 aromatic heterocycles. The minimum atomic E-state index is -0.513. The first-order valence-electron chi connectivity index (χ1n) is 9.21. The summed E-state index contributed by atoms with van der Waals surface area (Å²) >= 11 is 18.3. The molecule has 1 aliphatic rings. The second kappa shape index (κ2) is 9.02. The van der Waals surface area contributed by atoms with Crippen molar-refractivity contribution in [2.45, 2.75) is 6.61 Å². The first-order valence-corrected chi connectivity index (χ1v) is 10.3. The third-order valence-corrected chi connectivity index (χ3v) is 5.40. The van der Waals surface area contributed by atoms with Crippen molar-refractivity contribution in [1.29, 1.82) is 0 Å². The molecule has 0 aliphatic carbocycles. The van der Waals surface area contributed by atoms with E-state index in [0.717, 1.165) is 5.56 Å². The number of ether oxygens (including phenoxy) is 1. The van der Waals surface area contributed by atoms with Crippen molar-refractivity contribution >= 4 is 58.4 Å². The molecule has 1 N–H and O–H groups in total. The maximum absolute atomic E-state index is 12.8. The van der Waals surface area contributed by atoms with Crippen LogP contribution in [0.1, 0.15) is 11.1 Å². The molecule has 3 aromatic carbocycles. The smallest absolute Gasteiger partial charge is 0.282 e. The Morgan fingerprint density at radius 1 is 0.903 bits per heavy atom. The fourth-order valence-electron chi connectivity index (χ4n) is 3.03. The quantitative estimate of drug-likeness (QED) is 0.383. The number of hydrazine groups is 1. The summed E-state index contributed by atoms with van der Waals surface area (Å²) in [6, 6.07) is 18.9. The van der Waals surface area contributed by atoms with Crippen molar-refractivity contribution in [3.05, 3.63) is 98.5 Å². The van der Waals surface area contributed by atoms with Gasteiger partial charge in [0, 0.05) is 26.2 Å². The van der Waals surface area contributed by atoms with Crippen molar-refractivity contribution in [2.24, 2.45) is 0 Å². The van der Waals surface area contributed by atoms with E-state index in [0.29, 0.717) is 32.1 Å². The van der Waals surface area contributed by atoms with Crippen LogP contribution >= 0.6 is 34.8 Å². The number of amides is 2. The van der Waals surface area contributed by atoms with Crippen LogP contribution in [0.2, 0.25) is 15.1 Å². The summed E-state index contributed by atoms with van der Waals surface area (Å²) in [5, 5.41) is 2.64. The predicted octanol–water partition coefficient (Wildman–Crippen LogP) is 5.69. The van der Waals surface area contributed by atoms with Crippen LogP contribution in [0.3, 0.4) is 0 Å². The summed E-state index contributed by atoms with van der Waals surface area (Å²) in [6.07, 6.45) is 1.46. The number of nitrogens with zero attached hydrogens (tertiary/aromatic N) is 1. The van der Waals surface area contributed by atoms with E-state index in [9.17, 15) is 9.59 Å². The van der Waals surface area contributed by atoms with Gasteiger partial charge >= 0.3 is 0 Å². The van der Waals surface area contributed by atoms with E-state index in [1.807, 2.05) is 6.07 Å². The maximum Gasteiger partial charge on any atom is 0.282 e. The Balaban J connectivity index is 1.62. The number of para-hydroxylation sites is 1. The van der Waals surface area contributed by atoms with Gasteiger partial charge in [0.25, 0.3) is 11.8 Å². The molecule has 0 unspecified atom stereocenters. The van der Waals surface area contributed by atoms with Crippen LogP contribution in [0, 0.1) is 0 Å². The number of halogens is 3. The van der Waals surface area contributed by atoms with E-state index in [2.05, 4.69) is 5.43 Å². The zero-order chi connectivity index (χ0) is 22.0. The lowest BCUT2D eigenvalue weighted by atomic mass is 10.1. The Hall–Kier alpha value is -2.99. The van der Waals surface area contributed by atoms with Gasteiger partial charge in [0.2, 0.25) is 0 Å². The summed E-state index contributed by atoms with van der Waals surface area (Å²) < 4.78 is 5.90. The van der Waals surface area contributed by atoms with Crippen LogP contribution in [-0.4, -0.2) is 11.8 Å². The molecule has 0 bridgehead atoms. The number of carbonyl (C=O) groups excluding carboxylic acids is 2. The second-order valence-electron chi connectivity index (χ2n) is 6.68. The van der Waals surface area contributed by atoms with Gasteiger partial charge < -0.3 is 4.74 Å². The van der Waals surface area contributed by atoms with Gasteiger partial charge in [0.05, 0.1) is 5.69 Å². The van der Waals surface area contributed by atoms with E-state index in [1.54, 1.807) is 60.7 Å². The number of nitrogens with one attached hydrogen (secondary N) is 1. The van der Waals surface area contributed by atoms with Gasteiger partial charge in [0.15, 0.2) is 0 Å². The molecular formula is C23H15Cl3N2O3. The molecule has 1 heterocycles. The van der Waals surface area contributed by atoms with Crippen molar-refractivity contribution in [2.75, 3.05) is 5.01 Å². The van der Waals surface area contributed by atoms with Crippen LogP contribution in [0.5, 0.6) is 5.75 Å². The highest BCUT2D eigenvalue weighted by molar-refractivity contribution is 6.35. The Morgan fingerprint density at radius 2 is 1.61 bits per heavy atom. The van der Waals surface area contributed by atoms with Gasteiger partial charge in [-0.05, 0) is 48.5 Å². The standard InChI is InChI=1S/C23H15Cl3N2O3/c24-16-8-9-21(31-13-14-6-7-17(25)12-20(14)26)15(10-16)11-19-22(29)27-28(23(19)30)18-4-2-1-3-5-18/h1-12H,13H2,(H,27,29)/b19-11-. The van der Waals surface area contributed by atoms with Gasteiger partial charge in [-0.15, -0.1) is 0 Å². The number of rotatable bonds is 5.